The minimum absolute atomic E-state index is 0.0235. The summed E-state index contributed by atoms with van der Waals surface area (Å²) in [6.07, 6.45) is 0. The van der Waals surface area contributed by atoms with Crippen molar-refractivity contribution in [2.24, 2.45) is 0 Å². The van der Waals surface area contributed by atoms with Gasteiger partial charge in [-0.2, -0.15) is 0 Å². The predicted octanol–water partition coefficient (Wildman–Crippen LogP) is 4.61. The highest BCUT2D eigenvalue weighted by molar-refractivity contribution is 7.92. The average Bonchev–Trinajstić information content (AvgIpc) is 2.67. The van der Waals surface area contributed by atoms with E-state index in [0.717, 1.165) is 11.6 Å². The third-order valence-corrected chi connectivity index (χ3v) is 5.81. The summed E-state index contributed by atoms with van der Waals surface area (Å²) in [5.74, 6) is -0.580. The van der Waals surface area contributed by atoms with Crippen molar-refractivity contribution in [3.8, 4) is 0 Å². The first kappa shape index (κ1) is 21.3. The van der Waals surface area contributed by atoms with E-state index >= 15 is 0 Å². The molecule has 3 aromatic carbocycles. The van der Waals surface area contributed by atoms with E-state index in [0.29, 0.717) is 11.4 Å². The van der Waals surface area contributed by atoms with Gasteiger partial charge in [0.1, 0.15) is 0 Å². The van der Waals surface area contributed by atoms with Crippen molar-refractivity contribution >= 4 is 44.6 Å². The first-order chi connectivity index (χ1) is 14.2. The third kappa shape index (κ3) is 4.94. The molecule has 30 heavy (non-hydrogen) atoms. The van der Waals surface area contributed by atoms with Gasteiger partial charge in [-0.15, -0.1) is 0 Å². The van der Waals surface area contributed by atoms with Crippen molar-refractivity contribution in [2.45, 2.75) is 11.8 Å². The summed E-state index contributed by atoms with van der Waals surface area (Å²) in [5, 5.41) is 13.3. The molecule has 0 saturated heterocycles. The van der Waals surface area contributed by atoms with Gasteiger partial charge in [0, 0.05) is 23.5 Å². The number of hydrogen-bond acceptors (Lipinski definition) is 5. The minimum Gasteiger partial charge on any atom is -0.322 e. The molecule has 0 heterocycles. The lowest BCUT2D eigenvalue weighted by molar-refractivity contribution is -0.384. The van der Waals surface area contributed by atoms with Crippen LogP contribution in [0.1, 0.15) is 15.9 Å². The van der Waals surface area contributed by atoms with Crippen molar-refractivity contribution in [2.75, 3.05) is 10.0 Å². The van der Waals surface area contributed by atoms with Gasteiger partial charge in [0.25, 0.3) is 21.6 Å². The number of carbonyl (C=O) groups is 1. The molecule has 3 rings (SSSR count). The van der Waals surface area contributed by atoms with Crippen LogP contribution in [0.2, 0.25) is 5.02 Å². The number of nitro groups is 1. The second-order valence-corrected chi connectivity index (χ2v) is 8.46. The van der Waals surface area contributed by atoms with Crippen LogP contribution < -0.4 is 10.0 Å². The zero-order valence-electron chi connectivity index (χ0n) is 15.6. The topological polar surface area (TPSA) is 118 Å². The summed E-state index contributed by atoms with van der Waals surface area (Å²) in [7, 11) is -3.79. The summed E-state index contributed by atoms with van der Waals surface area (Å²) >= 11 is 5.95. The van der Waals surface area contributed by atoms with E-state index in [4.69, 9.17) is 11.6 Å². The van der Waals surface area contributed by atoms with Crippen LogP contribution in [0, 0.1) is 17.0 Å². The van der Waals surface area contributed by atoms with Crippen LogP contribution in [0.5, 0.6) is 0 Å². The van der Waals surface area contributed by atoms with Crippen LogP contribution in [0.4, 0.5) is 17.1 Å². The molecule has 10 heteroatoms. The van der Waals surface area contributed by atoms with E-state index in [2.05, 4.69) is 10.0 Å². The lowest BCUT2D eigenvalue weighted by atomic mass is 10.2. The fourth-order valence-electron chi connectivity index (χ4n) is 2.64. The molecule has 0 spiro atoms. The van der Waals surface area contributed by atoms with Gasteiger partial charge < -0.3 is 5.32 Å². The van der Waals surface area contributed by atoms with E-state index in [1.54, 1.807) is 18.2 Å². The summed E-state index contributed by atoms with van der Waals surface area (Å²) in [6, 6.07) is 16.0. The Morgan fingerprint density at radius 2 is 1.70 bits per heavy atom. The highest BCUT2D eigenvalue weighted by atomic mass is 35.5. The van der Waals surface area contributed by atoms with Gasteiger partial charge in [-0.1, -0.05) is 23.7 Å². The first-order valence-electron chi connectivity index (χ1n) is 8.60. The number of non-ortho nitro benzene ring substituents is 1. The molecule has 0 aliphatic carbocycles. The molecule has 0 aliphatic rings. The number of benzene rings is 3. The number of sulfonamides is 1. The summed E-state index contributed by atoms with van der Waals surface area (Å²) in [6.45, 7) is 1.85. The number of hydrogen-bond donors (Lipinski definition) is 2. The molecule has 8 nitrogen and oxygen atoms in total. The Kier molecular flexibility index (Phi) is 6.04. The lowest BCUT2D eigenvalue weighted by Gasteiger charge is -2.10. The second-order valence-electron chi connectivity index (χ2n) is 6.37. The molecule has 1 amide bonds. The Morgan fingerprint density at radius 3 is 2.30 bits per heavy atom. The Bertz CT molecular complexity index is 1230. The molecular weight excluding hydrogens is 430 g/mol. The number of carbonyl (C=O) groups excluding carboxylic acids is 1. The maximum atomic E-state index is 12.5. The zero-order valence-corrected chi connectivity index (χ0v) is 17.2. The standard InChI is InChI=1S/C20H16ClN3O5S/c1-13-3-2-4-15(11-13)23-30(28,29)17-8-5-14(6-9-17)22-20(25)18-10-7-16(24(26)27)12-19(18)21/h2-12,23H,1H3,(H,22,25). The van der Waals surface area contributed by atoms with Gasteiger partial charge in [-0.25, -0.2) is 8.42 Å². The fraction of sp³-hybridized carbons (Fsp3) is 0.0500. The number of amides is 1. The van der Waals surface area contributed by atoms with Gasteiger partial charge in [-0.3, -0.25) is 19.6 Å². The van der Waals surface area contributed by atoms with Crippen molar-refractivity contribution in [1.29, 1.82) is 0 Å². The Balaban J connectivity index is 1.74. The fourth-order valence-corrected chi connectivity index (χ4v) is 3.95. The maximum Gasteiger partial charge on any atom is 0.270 e. The van der Waals surface area contributed by atoms with E-state index in [1.165, 1.54) is 36.4 Å². The second kappa shape index (κ2) is 8.52. The molecule has 0 radical (unpaired) electrons. The number of anilines is 2. The number of nitro benzene ring substituents is 1. The van der Waals surface area contributed by atoms with Gasteiger partial charge in [-0.05, 0) is 55.0 Å². The van der Waals surface area contributed by atoms with Crippen LogP contribution in [-0.4, -0.2) is 19.2 Å². The SMILES string of the molecule is Cc1cccc(NS(=O)(=O)c2ccc(NC(=O)c3ccc([N+](=O)[O-])cc3Cl)cc2)c1. The van der Waals surface area contributed by atoms with Gasteiger partial charge in [0.15, 0.2) is 0 Å². The van der Waals surface area contributed by atoms with Crippen molar-refractivity contribution in [1.82, 2.24) is 0 Å². The van der Waals surface area contributed by atoms with E-state index in [9.17, 15) is 23.3 Å². The summed E-state index contributed by atoms with van der Waals surface area (Å²) < 4.78 is 27.6. The van der Waals surface area contributed by atoms with Gasteiger partial charge >= 0.3 is 0 Å². The molecule has 0 aromatic heterocycles. The van der Waals surface area contributed by atoms with Crippen LogP contribution in [-0.2, 0) is 10.0 Å². The number of rotatable bonds is 6. The molecule has 3 aromatic rings. The molecule has 2 N–H and O–H groups in total. The number of halogens is 1. The largest absolute Gasteiger partial charge is 0.322 e. The molecule has 0 atom stereocenters. The maximum absolute atomic E-state index is 12.5. The van der Waals surface area contributed by atoms with Crippen molar-refractivity contribution in [3.63, 3.8) is 0 Å². The van der Waals surface area contributed by atoms with Crippen LogP contribution >= 0.6 is 11.6 Å². The van der Waals surface area contributed by atoms with Gasteiger partial charge in [0.05, 0.1) is 20.4 Å². The highest BCUT2D eigenvalue weighted by Crippen LogP contribution is 2.24. The average molecular weight is 446 g/mol. The molecule has 0 aliphatic heterocycles. The van der Waals surface area contributed by atoms with E-state index in [-0.39, 0.29) is 21.2 Å². The zero-order chi connectivity index (χ0) is 21.9. The van der Waals surface area contributed by atoms with Crippen LogP contribution in [0.25, 0.3) is 0 Å². The Hall–Kier alpha value is -3.43. The molecule has 0 bridgehead atoms. The van der Waals surface area contributed by atoms with E-state index in [1.807, 2.05) is 13.0 Å². The first-order valence-corrected chi connectivity index (χ1v) is 10.5. The molecule has 0 fully saturated rings. The van der Waals surface area contributed by atoms with Crippen molar-refractivity contribution in [3.05, 3.63) is 93.0 Å². The van der Waals surface area contributed by atoms with E-state index < -0.39 is 20.9 Å². The quantitative estimate of drug-likeness (QED) is 0.424. The molecule has 154 valence electrons. The molecule has 0 saturated carbocycles. The Morgan fingerprint density at radius 1 is 1.00 bits per heavy atom. The smallest absolute Gasteiger partial charge is 0.270 e. The van der Waals surface area contributed by atoms with Crippen LogP contribution in [0.3, 0.4) is 0 Å². The van der Waals surface area contributed by atoms with Gasteiger partial charge in [0.2, 0.25) is 0 Å². The third-order valence-electron chi connectivity index (χ3n) is 4.10. The monoisotopic (exact) mass is 445 g/mol. The number of nitrogens with one attached hydrogen (secondary N) is 2. The minimum atomic E-state index is -3.79. The normalized spacial score (nSPS) is 11.0. The molecule has 0 unspecified atom stereocenters. The number of aryl methyl sites for hydroxylation is 1. The highest BCUT2D eigenvalue weighted by Gasteiger charge is 2.17. The summed E-state index contributed by atoms with van der Waals surface area (Å²) in [5.41, 5.74) is 1.52. The predicted molar refractivity (Wildman–Crippen MR) is 114 cm³/mol. The lowest BCUT2D eigenvalue weighted by Crippen LogP contribution is -2.14. The van der Waals surface area contributed by atoms with Crippen molar-refractivity contribution < 1.29 is 18.1 Å². The summed E-state index contributed by atoms with van der Waals surface area (Å²) in [4.78, 5) is 22.5. The van der Waals surface area contributed by atoms with Crippen LogP contribution in [0.15, 0.2) is 71.6 Å². The Labute approximate surface area is 177 Å². The molecular formula is C20H16ClN3O5S. The number of nitrogens with zero attached hydrogens (tertiary/aromatic N) is 1.